The number of thiazole rings is 1. The Balaban J connectivity index is 2.25. The second kappa shape index (κ2) is 4.85. The molecule has 4 N–H and O–H groups in total. The first kappa shape index (κ1) is 11.4. The lowest BCUT2D eigenvalue weighted by molar-refractivity contribution is 0.102. The van der Waals surface area contributed by atoms with E-state index < -0.39 is 11.7 Å². The number of pyridine rings is 1. The van der Waals surface area contributed by atoms with E-state index in [-0.39, 0.29) is 11.4 Å². The second-order valence-electron chi connectivity index (χ2n) is 2.96. The van der Waals surface area contributed by atoms with Crippen molar-refractivity contribution in [1.29, 1.82) is 0 Å². The molecule has 0 aliphatic heterocycles. The minimum Gasteiger partial charge on any atom is -0.306 e. The summed E-state index contributed by atoms with van der Waals surface area (Å²) in [6.45, 7) is 0. The van der Waals surface area contributed by atoms with E-state index in [9.17, 15) is 9.18 Å². The smallest absolute Gasteiger partial charge is 0.260 e. The van der Waals surface area contributed by atoms with Gasteiger partial charge in [-0.1, -0.05) is 0 Å². The lowest BCUT2D eigenvalue weighted by Crippen LogP contribution is -2.17. The topological polar surface area (TPSA) is 92.9 Å². The van der Waals surface area contributed by atoms with Gasteiger partial charge in [-0.2, -0.15) is 0 Å². The predicted molar refractivity (Wildman–Crippen MR) is 62.1 cm³/mol. The van der Waals surface area contributed by atoms with Gasteiger partial charge in [0.1, 0.15) is 0 Å². The lowest BCUT2D eigenvalue weighted by Gasteiger charge is -2.05. The van der Waals surface area contributed by atoms with E-state index in [4.69, 9.17) is 5.84 Å². The number of rotatable bonds is 3. The number of halogens is 1. The number of anilines is 2. The first-order valence-electron chi connectivity index (χ1n) is 4.54. The van der Waals surface area contributed by atoms with Crippen LogP contribution in [0.1, 0.15) is 10.4 Å². The van der Waals surface area contributed by atoms with Crippen molar-refractivity contribution in [2.75, 3.05) is 10.7 Å². The van der Waals surface area contributed by atoms with Gasteiger partial charge in [0.2, 0.25) is 0 Å². The second-order valence-corrected chi connectivity index (χ2v) is 3.85. The first-order chi connectivity index (χ1) is 8.22. The highest BCUT2D eigenvalue weighted by atomic mass is 32.1. The number of carbonyl (C=O) groups is 1. The quantitative estimate of drug-likeness (QED) is 0.565. The van der Waals surface area contributed by atoms with Crippen LogP contribution in [0.3, 0.4) is 0 Å². The van der Waals surface area contributed by atoms with Crippen molar-refractivity contribution in [1.82, 2.24) is 9.97 Å². The minimum atomic E-state index is -0.802. The molecule has 0 saturated carbocycles. The van der Waals surface area contributed by atoms with Crippen LogP contribution in [0.25, 0.3) is 0 Å². The molecule has 0 spiro atoms. The summed E-state index contributed by atoms with van der Waals surface area (Å²) in [4.78, 5) is 19.2. The molecule has 2 aromatic heterocycles. The molecule has 0 bridgehead atoms. The highest BCUT2D eigenvalue weighted by molar-refractivity contribution is 7.13. The van der Waals surface area contributed by atoms with Gasteiger partial charge in [-0.15, -0.1) is 11.3 Å². The summed E-state index contributed by atoms with van der Waals surface area (Å²) in [5, 5.41) is 4.56. The average molecular weight is 253 g/mol. The van der Waals surface area contributed by atoms with E-state index >= 15 is 0 Å². The largest absolute Gasteiger partial charge is 0.306 e. The van der Waals surface area contributed by atoms with Crippen LogP contribution in [0.5, 0.6) is 0 Å². The number of nitrogens with one attached hydrogen (secondary N) is 2. The number of nitrogens with zero attached hydrogens (tertiary/aromatic N) is 2. The van der Waals surface area contributed by atoms with Gasteiger partial charge in [0, 0.05) is 17.8 Å². The van der Waals surface area contributed by atoms with Crippen molar-refractivity contribution in [3.63, 3.8) is 0 Å². The summed E-state index contributed by atoms with van der Waals surface area (Å²) in [5.41, 5.74) is 1.92. The molecule has 0 atom stereocenters. The maximum absolute atomic E-state index is 13.7. The Morgan fingerprint density at radius 3 is 2.88 bits per heavy atom. The van der Waals surface area contributed by atoms with E-state index in [0.29, 0.717) is 5.13 Å². The molecule has 2 heterocycles. The SMILES string of the molecule is NNc1nccc(C(=O)Nc2nccs2)c1F. The van der Waals surface area contributed by atoms with Gasteiger partial charge in [0.25, 0.3) is 5.91 Å². The monoisotopic (exact) mass is 253 g/mol. The van der Waals surface area contributed by atoms with Crippen LogP contribution in [0.4, 0.5) is 15.3 Å². The number of hydrogen-bond donors (Lipinski definition) is 3. The highest BCUT2D eigenvalue weighted by Gasteiger charge is 2.16. The third-order valence-corrected chi connectivity index (χ3v) is 2.61. The molecule has 0 unspecified atom stereocenters. The summed E-state index contributed by atoms with van der Waals surface area (Å²) >= 11 is 1.24. The number of hydrazine groups is 1. The fourth-order valence-electron chi connectivity index (χ4n) is 1.17. The van der Waals surface area contributed by atoms with E-state index in [0.717, 1.165) is 0 Å². The zero-order valence-electron chi connectivity index (χ0n) is 8.48. The van der Waals surface area contributed by atoms with Crippen molar-refractivity contribution in [2.24, 2.45) is 5.84 Å². The normalized spacial score (nSPS) is 10.0. The Morgan fingerprint density at radius 1 is 1.41 bits per heavy atom. The number of hydrogen-bond acceptors (Lipinski definition) is 6. The van der Waals surface area contributed by atoms with Crippen LogP contribution in [0.2, 0.25) is 0 Å². The molecule has 0 aliphatic rings. The van der Waals surface area contributed by atoms with E-state index in [1.165, 1.54) is 29.8 Å². The number of aromatic nitrogens is 2. The van der Waals surface area contributed by atoms with Crippen molar-refractivity contribution >= 4 is 28.2 Å². The van der Waals surface area contributed by atoms with Gasteiger partial charge >= 0.3 is 0 Å². The Bertz CT molecular complexity index is 530. The molecule has 0 aliphatic carbocycles. The third-order valence-electron chi connectivity index (χ3n) is 1.92. The number of amides is 1. The summed E-state index contributed by atoms with van der Waals surface area (Å²) < 4.78 is 13.7. The molecule has 8 heteroatoms. The Hall–Kier alpha value is -2.06. The van der Waals surface area contributed by atoms with Gasteiger partial charge in [-0.25, -0.2) is 20.2 Å². The fraction of sp³-hybridized carbons (Fsp3) is 0. The molecule has 1 amide bonds. The molecule has 88 valence electrons. The number of nitrogen functional groups attached to an aromatic ring is 1. The molecule has 2 aromatic rings. The lowest BCUT2D eigenvalue weighted by atomic mass is 10.2. The number of nitrogens with two attached hydrogens (primary N) is 1. The maximum atomic E-state index is 13.7. The summed E-state index contributed by atoms with van der Waals surface area (Å²) in [5.74, 6) is 3.48. The van der Waals surface area contributed by atoms with Crippen LogP contribution >= 0.6 is 11.3 Å². The maximum Gasteiger partial charge on any atom is 0.260 e. The van der Waals surface area contributed by atoms with E-state index in [2.05, 4.69) is 20.7 Å². The van der Waals surface area contributed by atoms with Gasteiger partial charge < -0.3 is 5.43 Å². The third kappa shape index (κ3) is 2.37. The minimum absolute atomic E-state index is 0.150. The molecular formula is C9H8FN5OS. The Labute approximate surface area is 99.7 Å². The molecular weight excluding hydrogens is 245 g/mol. The summed E-state index contributed by atoms with van der Waals surface area (Å²) in [6.07, 6.45) is 2.82. The Kier molecular flexibility index (Phi) is 3.26. The zero-order chi connectivity index (χ0) is 12.3. The molecule has 0 aromatic carbocycles. The van der Waals surface area contributed by atoms with Gasteiger partial charge in [-0.05, 0) is 6.07 Å². The summed E-state index contributed by atoms with van der Waals surface area (Å²) in [7, 11) is 0. The van der Waals surface area contributed by atoms with Crippen LogP contribution < -0.4 is 16.6 Å². The van der Waals surface area contributed by atoms with Crippen molar-refractivity contribution in [3.8, 4) is 0 Å². The van der Waals surface area contributed by atoms with Gasteiger partial charge in [-0.3, -0.25) is 10.1 Å². The van der Waals surface area contributed by atoms with Crippen molar-refractivity contribution in [3.05, 3.63) is 35.2 Å². The van der Waals surface area contributed by atoms with Crippen LogP contribution in [0.15, 0.2) is 23.8 Å². The molecule has 0 saturated heterocycles. The highest BCUT2D eigenvalue weighted by Crippen LogP contribution is 2.17. The predicted octanol–water partition coefficient (Wildman–Crippen LogP) is 1.22. The molecule has 2 rings (SSSR count). The van der Waals surface area contributed by atoms with Gasteiger partial charge in [0.15, 0.2) is 16.8 Å². The first-order valence-corrected chi connectivity index (χ1v) is 5.42. The van der Waals surface area contributed by atoms with Gasteiger partial charge in [0.05, 0.1) is 5.56 Å². The molecule has 6 nitrogen and oxygen atoms in total. The van der Waals surface area contributed by atoms with Crippen LogP contribution in [-0.4, -0.2) is 15.9 Å². The fourth-order valence-corrected chi connectivity index (χ4v) is 1.69. The van der Waals surface area contributed by atoms with E-state index in [1.807, 2.05) is 0 Å². The van der Waals surface area contributed by atoms with Crippen LogP contribution in [-0.2, 0) is 0 Å². The zero-order valence-corrected chi connectivity index (χ0v) is 9.29. The molecule has 0 fully saturated rings. The van der Waals surface area contributed by atoms with E-state index in [1.54, 1.807) is 5.38 Å². The van der Waals surface area contributed by atoms with Crippen molar-refractivity contribution in [2.45, 2.75) is 0 Å². The molecule has 0 radical (unpaired) electrons. The Morgan fingerprint density at radius 2 is 2.24 bits per heavy atom. The number of carbonyl (C=O) groups excluding carboxylic acids is 1. The molecule has 17 heavy (non-hydrogen) atoms. The van der Waals surface area contributed by atoms with Crippen molar-refractivity contribution < 1.29 is 9.18 Å². The van der Waals surface area contributed by atoms with Crippen LogP contribution in [0, 0.1) is 5.82 Å². The summed E-state index contributed by atoms with van der Waals surface area (Å²) in [6, 6.07) is 1.26. The standard InChI is InChI=1S/C9H8FN5OS/c10-6-5(1-2-12-7(6)15-11)8(16)14-9-13-3-4-17-9/h1-4H,11H2,(H,12,15)(H,13,14,16). The average Bonchev–Trinajstić information content (AvgIpc) is 2.82.